The fourth-order valence-electron chi connectivity index (χ4n) is 2.44. The molecule has 0 aromatic heterocycles. The van der Waals surface area contributed by atoms with Gasteiger partial charge in [-0.25, -0.2) is 0 Å². The van der Waals surface area contributed by atoms with E-state index in [4.69, 9.17) is 10.8 Å². The molecule has 30 heavy (non-hydrogen) atoms. The van der Waals surface area contributed by atoms with Crippen molar-refractivity contribution >= 4 is 36.3 Å². The highest BCUT2D eigenvalue weighted by Gasteiger charge is 2.31. The van der Waals surface area contributed by atoms with Crippen LogP contribution in [-0.4, -0.2) is 69.9 Å². The van der Waals surface area contributed by atoms with Crippen LogP contribution in [0.25, 0.3) is 0 Å². The van der Waals surface area contributed by atoms with Crippen molar-refractivity contribution in [2.45, 2.75) is 50.5 Å². The number of carbonyl (C=O) groups is 4. The molecular weight excluding hydrogens is 412 g/mol. The van der Waals surface area contributed by atoms with E-state index < -0.39 is 54.0 Å². The van der Waals surface area contributed by atoms with Gasteiger partial charge in [0.05, 0.1) is 12.1 Å². The van der Waals surface area contributed by atoms with Crippen molar-refractivity contribution in [2.24, 2.45) is 5.73 Å². The molecule has 1 rings (SSSR count). The summed E-state index contributed by atoms with van der Waals surface area (Å²) in [6, 6.07) is 4.19. The van der Waals surface area contributed by atoms with Crippen LogP contribution >= 0.6 is 12.6 Å². The maximum absolute atomic E-state index is 12.8. The number of aliphatic hydroxyl groups excluding tert-OH is 1. The van der Waals surface area contributed by atoms with Crippen molar-refractivity contribution in [3.8, 4) is 0 Å². The number of carboxylic acids is 1. The first-order valence-corrected chi connectivity index (χ1v) is 9.92. The minimum atomic E-state index is -1.42. The van der Waals surface area contributed by atoms with Crippen molar-refractivity contribution in [1.82, 2.24) is 16.0 Å². The molecule has 5 atom stereocenters. The molecule has 0 radical (unpaired) electrons. The van der Waals surface area contributed by atoms with Crippen LogP contribution in [0.2, 0.25) is 0 Å². The van der Waals surface area contributed by atoms with Gasteiger partial charge in [-0.15, -0.1) is 0 Å². The van der Waals surface area contributed by atoms with E-state index in [-0.39, 0.29) is 12.2 Å². The Balaban J connectivity index is 3.00. The molecule has 1 aromatic carbocycles. The largest absolute Gasteiger partial charge is 0.480 e. The van der Waals surface area contributed by atoms with Gasteiger partial charge in [0.1, 0.15) is 18.1 Å². The number of aliphatic hydroxyl groups is 1. The molecule has 0 saturated carbocycles. The quantitative estimate of drug-likeness (QED) is 0.204. The highest BCUT2D eigenvalue weighted by atomic mass is 32.1. The van der Waals surface area contributed by atoms with Crippen molar-refractivity contribution in [2.75, 3.05) is 5.75 Å². The second kappa shape index (κ2) is 12.2. The monoisotopic (exact) mass is 440 g/mol. The van der Waals surface area contributed by atoms with Crippen molar-refractivity contribution in [3.63, 3.8) is 0 Å². The minimum absolute atomic E-state index is 0.0668. The van der Waals surface area contributed by atoms with Crippen LogP contribution in [0.15, 0.2) is 30.3 Å². The predicted molar refractivity (Wildman–Crippen MR) is 113 cm³/mol. The van der Waals surface area contributed by atoms with Gasteiger partial charge in [0, 0.05) is 12.2 Å². The van der Waals surface area contributed by atoms with Gasteiger partial charge in [-0.05, 0) is 19.4 Å². The summed E-state index contributed by atoms with van der Waals surface area (Å²) in [6.45, 7) is 2.52. The Kier molecular flexibility index (Phi) is 10.3. The smallest absolute Gasteiger partial charge is 0.325 e. The number of benzene rings is 1. The molecule has 7 N–H and O–H groups in total. The standard InChI is InChI=1S/C19H28N4O6S/c1-10(19(28)29)21-18(27)15(11(2)24)23-17(26)14(22-16(25)13(20)9-30)8-12-6-4-3-5-7-12/h3-7,10-11,13-15,24,30H,8-9,20H2,1-2H3,(H,21,27)(H,22,25)(H,23,26)(H,28,29). The number of amides is 3. The van der Waals surface area contributed by atoms with Gasteiger partial charge in [0.25, 0.3) is 0 Å². The number of nitrogens with one attached hydrogen (secondary N) is 3. The normalized spacial score (nSPS) is 15.8. The summed E-state index contributed by atoms with van der Waals surface area (Å²) >= 11 is 3.97. The van der Waals surface area contributed by atoms with Crippen LogP contribution in [0.5, 0.6) is 0 Å². The number of hydrogen-bond acceptors (Lipinski definition) is 7. The minimum Gasteiger partial charge on any atom is -0.480 e. The third kappa shape index (κ3) is 8.01. The highest BCUT2D eigenvalue weighted by Crippen LogP contribution is 2.05. The molecule has 1 aromatic rings. The summed E-state index contributed by atoms with van der Waals surface area (Å²) in [6.07, 6.45) is -1.21. The highest BCUT2D eigenvalue weighted by molar-refractivity contribution is 7.80. The van der Waals surface area contributed by atoms with Crippen LogP contribution in [0.3, 0.4) is 0 Å². The number of carbonyl (C=O) groups excluding carboxylic acids is 3. The van der Waals surface area contributed by atoms with E-state index in [0.717, 1.165) is 5.56 Å². The van der Waals surface area contributed by atoms with Crippen LogP contribution in [-0.2, 0) is 25.6 Å². The van der Waals surface area contributed by atoms with Crippen molar-refractivity contribution in [1.29, 1.82) is 0 Å². The van der Waals surface area contributed by atoms with Crippen molar-refractivity contribution < 1.29 is 29.4 Å². The molecule has 0 aliphatic heterocycles. The second-order valence-electron chi connectivity index (χ2n) is 6.84. The lowest BCUT2D eigenvalue weighted by atomic mass is 10.0. The summed E-state index contributed by atoms with van der Waals surface area (Å²) in [7, 11) is 0. The van der Waals surface area contributed by atoms with Crippen LogP contribution < -0.4 is 21.7 Å². The van der Waals surface area contributed by atoms with Gasteiger partial charge in [-0.1, -0.05) is 30.3 Å². The lowest BCUT2D eigenvalue weighted by Gasteiger charge is -2.26. The van der Waals surface area contributed by atoms with Crippen LogP contribution in [0.1, 0.15) is 19.4 Å². The Hall–Kier alpha value is -2.63. The lowest BCUT2D eigenvalue weighted by Crippen LogP contribution is -2.60. The first-order chi connectivity index (χ1) is 14.1. The van der Waals surface area contributed by atoms with Gasteiger partial charge in [0.2, 0.25) is 17.7 Å². The van der Waals surface area contributed by atoms with E-state index in [2.05, 4.69) is 28.6 Å². The molecule has 0 fully saturated rings. The Morgan fingerprint density at radius 2 is 1.60 bits per heavy atom. The number of nitrogens with two attached hydrogens (primary N) is 1. The average molecular weight is 441 g/mol. The molecule has 3 amide bonds. The van der Waals surface area contributed by atoms with Crippen LogP contribution in [0.4, 0.5) is 0 Å². The molecule has 0 saturated heterocycles. The molecule has 0 aliphatic rings. The first-order valence-electron chi connectivity index (χ1n) is 9.29. The van der Waals surface area contributed by atoms with Crippen LogP contribution in [0, 0.1) is 0 Å². The Bertz CT molecular complexity index is 746. The average Bonchev–Trinajstić information content (AvgIpc) is 2.70. The molecule has 10 nitrogen and oxygen atoms in total. The molecular formula is C19H28N4O6S. The zero-order valence-corrected chi connectivity index (χ0v) is 17.6. The first kappa shape index (κ1) is 25.4. The number of rotatable bonds is 11. The maximum Gasteiger partial charge on any atom is 0.325 e. The Morgan fingerprint density at radius 3 is 2.10 bits per heavy atom. The molecule has 0 aliphatic carbocycles. The predicted octanol–water partition coefficient (Wildman–Crippen LogP) is -1.57. The fraction of sp³-hybridized carbons (Fsp3) is 0.474. The summed E-state index contributed by atoms with van der Waals surface area (Å²) in [4.78, 5) is 48.3. The molecule has 166 valence electrons. The molecule has 5 unspecified atom stereocenters. The van der Waals surface area contributed by atoms with E-state index >= 15 is 0 Å². The van der Waals surface area contributed by atoms with Gasteiger partial charge in [-0.2, -0.15) is 12.6 Å². The third-order valence-corrected chi connectivity index (χ3v) is 4.63. The number of carboxylic acid groups (broad SMARTS) is 1. The second-order valence-corrected chi connectivity index (χ2v) is 7.20. The molecule has 0 bridgehead atoms. The summed E-state index contributed by atoms with van der Waals surface area (Å²) in [5.74, 6) is -3.41. The summed E-state index contributed by atoms with van der Waals surface area (Å²) in [5, 5.41) is 25.9. The molecule has 0 spiro atoms. The van der Waals surface area contributed by atoms with Gasteiger partial charge < -0.3 is 31.9 Å². The lowest BCUT2D eigenvalue weighted by molar-refractivity contribution is -0.142. The molecule has 0 heterocycles. The number of aliphatic carboxylic acids is 1. The van der Waals surface area contributed by atoms with Gasteiger partial charge in [0.15, 0.2) is 0 Å². The fourth-order valence-corrected chi connectivity index (χ4v) is 2.61. The van der Waals surface area contributed by atoms with E-state index in [0.29, 0.717) is 0 Å². The maximum atomic E-state index is 12.8. The number of thiol groups is 1. The zero-order chi connectivity index (χ0) is 22.8. The van der Waals surface area contributed by atoms with E-state index in [1.54, 1.807) is 30.3 Å². The van der Waals surface area contributed by atoms with Crippen molar-refractivity contribution in [3.05, 3.63) is 35.9 Å². The number of hydrogen-bond donors (Lipinski definition) is 7. The SMILES string of the molecule is CC(NC(=O)C(NC(=O)C(Cc1ccccc1)NC(=O)C(N)CS)C(C)O)C(=O)O. The third-order valence-electron chi connectivity index (χ3n) is 4.24. The van der Waals surface area contributed by atoms with E-state index in [1.165, 1.54) is 13.8 Å². The Labute approximate surface area is 180 Å². The zero-order valence-electron chi connectivity index (χ0n) is 16.7. The van der Waals surface area contributed by atoms with E-state index in [9.17, 15) is 24.3 Å². The topological polar surface area (TPSA) is 171 Å². The van der Waals surface area contributed by atoms with Gasteiger partial charge >= 0.3 is 5.97 Å². The van der Waals surface area contributed by atoms with Gasteiger partial charge in [-0.3, -0.25) is 19.2 Å². The molecule has 11 heteroatoms. The summed E-state index contributed by atoms with van der Waals surface area (Å²) < 4.78 is 0. The Morgan fingerprint density at radius 1 is 1.00 bits per heavy atom. The summed E-state index contributed by atoms with van der Waals surface area (Å²) in [5.41, 5.74) is 6.40. The van der Waals surface area contributed by atoms with E-state index in [1.807, 2.05) is 0 Å².